The highest BCUT2D eigenvalue weighted by molar-refractivity contribution is 7.10. The van der Waals surface area contributed by atoms with E-state index >= 15 is 0 Å². The molecule has 1 aliphatic carbocycles. The van der Waals surface area contributed by atoms with Crippen LogP contribution in [-0.2, 0) is 0 Å². The second-order valence-corrected chi connectivity index (χ2v) is 6.34. The van der Waals surface area contributed by atoms with E-state index in [4.69, 9.17) is 0 Å². The molecule has 17 heavy (non-hydrogen) atoms. The van der Waals surface area contributed by atoms with E-state index in [9.17, 15) is 5.11 Å². The Labute approximate surface area is 108 Å². The van der Waals surface area contributed by atoms with Crippen molar-refractivity contribution >= 4 is 11.3 Å². The summed E-state index contributed by atoms with van der Waals surface area (Å²) in [5, 5.41) is 15.8. The molecule has 3 atom stereocenters. The average Bonchev–Trinajstić information content (AvgIpc) is 2.81. The molecule has 96 valence electrons. The topological polar surface area (TPSA) is 32.3 Å². The summed E-state index contributed by atoms with van der Waals surface area (Å²) in [5.74, 6) is 0.558. The molecule has 3 heteroatoms. The highest BCUT2D eigenvalue weighted by atomic mass is 32.1. The molecule has 0 bridgehead atoms. The van der Waals surface area contributed by atoms with Gasteiger partial charge >= 0.3 is 0 Å². The fourth-order valence-electron chi connectivity index (χ4n) is 2.61. The van der Waals surface area contributed by atoms with Crippen molar-refractivity contribution in [1.29, 1.82) is 0 Å². The normalized spacial score (nSPS) is 27.3. The summed E-state index contributed by atoms with van der Waals surface area (Å²) < 4.78 is 0. The largest absolute Gasteiger partial charge is 0.392 e. The van der Waals surface area contributed by atoms with Crippen molar-refractivity contribution in [2.24, 2.45) is 5.92 Å². The molecule has 3 unspecified atom stereocenters. The predicted molar refractivity (Wildman–Crippen MR) is 73.3 cm³/mol. The van der Waals surface area contributed by atoms with E-state index in [-0.39, 0.29) is 12.1 Å². The van der Waals surface area contributed by atoms with Crippen molar-refractivity contribution in [2.45, 2.75) is 57.7 Å². The fraction of sp³-hybridized carbons (Fsp3) is 0.714. The number of aliphatic hydroxyl groups is 1. The zero-order valence-corrected chi connectivity index (χ0v) is 11.5. The SMILES string of the molecule is CC(C)C(NC1CCCCC1O)c1cccs1. The first-order valence-electron chi connectivity index (χ1n) is 6.66. The maximum atomic E-state index is 10.0. The van der Waals surface area contributed by atoms with Gasteiger partial charge in [-0.2, -0.15) is 0 Å². The van der Waals surface area contributed by atoms with Gasteiger partial charge in [0.25, 0.3) is 0 Å². The van der Waals surface area contributed by atoms with Crippen LogP contribution < -0.4 is 5.32 Å². The van der Waals surface area contributed by atoms with E-state index in [1.165, 1.54) is 17.7 Å². The lowest BCUT2D eigenvalue weighted by molar-refractivity contribution is 0.0813. The third-order valence-electron chi connectivity index (χ3n) is 3.64. The van der Waals surface area contributed by atoms with E-state index in [2.05, 4.69) is 36.7 Å². The summed E-state index contributed by atoms with van der Waals surface area (Å²) in [6, 6.07) is 4.96. The minimum absolute atomic E-state index is 0.162. The molecule has 0 radical (unpaired) electrons. The Morgan fingerprint density at radius 1 is 1.35 bits per heavy atom. The lowest BCUT2D eigenvalue weighted by Crippen LogP contribution is -2.44. The molecular formula is C14H23NOS. The number of nitrogens with one attached hydrogen (secondary N) is 1. The molecule has 0 saturated heterocycles. The zero-order valence-electron chi connectivity index (χ0n) is 10.7. The molecule has 2 nitrogen and oxygen atoms in total. The monoisotopic (exact) mass is 253 g/mol. The van der Waals surface area contributed by atoms with Crippen LogP contribution in [0.15, 0.2) is 17.5 Å². The first-order chi connectivity index (χ1) is 8.18. The first kappa shape index (κ1) is 13.1. The van der Waals surface area contributed by atoms with Gasteiger partial charge in [0.1, 0.15) is 0 Å². The van der Waals surface area contributed by atoms with E-state index in [0.29, 0.717) is 12.0 Å². The molecule has 1 fully saturated rings. The highest BCUT2D eigenvalue weighted by Crippen LogP contribution is 2.29. The van der Waals surface area contributed by atoms with Crippen molar-refractivity contribution in [1.82, 2.24) is 5.32 Å². The predicted octanol–water partition coefficient (Wildman–Crippen LogP) is 3.34. The van der Waals surface area contributed by atoms with Gasteiger partial charge in [0.05, 0.1) is 6.10 Å². The number of hydrogen-bond acceptors (Lipinski definition) is 3. The second-order valence-electron chi connectivity index (χ2n) is 5.36. The number of hydrogen-bond donors (Lipinski definition) is 2. The molecule has 1 aromatic rings. The van der Waals surface area contributed by atoms with Gasteiger partial charge < -0.3 is 10.4 Å². The average molecular weight is 253 g/mol. The van der Waals surface area contributed by atoms with Crippen LogP contribution in [0.2, 0.25) is 0 Å². The van der Waals surface area contributed by atoms with Crippen molar-refractivity contribution in [3.63, 3.8) is 0 Å². The molecule has 1 aliphatic rings. The molecule has 1 heterocycles. The summed E-state index contributed by atoms with van der Waals surface area (Å²) in [7, 11) is 0. The Kier molecular flexibility index (Phi) is 4.60. The number of thiophene rings is 1. The molecule has 0 amide bonds. The molecule has 1 saturated carbocycles. The van der Waals surface area contributed by atoms with Crippen LogP contribution in [0.5, 0.6) is 0 Å². The Balaban J connectivity index is 2.02. The summed E-state index contributed by atoms with van der Waals surface area (Å²) >= 11 is 1.81. The van der Waals surface area contributed by atoms with Crippen molar-refractivity contribution in [3.05, 3.63) is 22.4 Å². The van der Waals surface area contributed by atoms with Gasteiger partial charge in [-0.3, -0.25) is 0 Å². The molecular weight excluding hydrogens is 230 g/mol. The summed E-state index contributed by atoms with van der Waals surface area (Å²) in [6.45, 7) is 4.49. The van der Waals surface area contributed by atoms with Crippen molar-refractivity contribution < 1.29 is 5.11 Å². The van der Waals surface area contributed by atoms with Crippen LogP contribution in [0.4, 0.5) is 0 Å². The quantitative estimate of drug-likeness (QED) is 0.862. The standard InChI is InChI=1S/C14H23NOS/c1-10(2)14(13-8-5-9-17-13)15-11-6-3-4-7-12(11)16/h5,8-12,14-16H,3-4,6-7H2,1-2H3. The van der Waals surface area contributed by atoms with Gasteiger partial charge in [0, 0.05) is 17.0 Å². The van der Waals surface area contributed by atoms with Crippen LogP contribution in [0.1, 0.15) is 50.4 Å². The second kappa shape index (κ2) is 5.98. The van der Waals surface area contributed by atoms with Crippen LogP contribution in [0.25, 0.3) is 0 Å². The van der Waals surface area contributed by atoms with Crippen LogP contribution in [0.3, 0.4) is 0 Å². The summed E-state index contributed by atoms with van der Waals surface area (Å²) in [4.78, 5) is 1.39. The van der Waals surface area contributed by atoms with Crippen LogP contribution in [-0.4, -0.2) is 17.3 Å². The van der Waals surface area contributed by atoms with E-state index in [1.807, 2.05) is 0 Å². The van der Waals surface area contributed by atoms with Crippen LogP contribution >= 0.6 is 11.3 Å². The van der Waals surface area contributed by atoms with Crippen LogP contribution in [0, 0.1) is 5.92 Å². The van der Waals surface area contributed by atoms with Crippen molar-refractivity contribution in [3.8, 4) is 0 Å². The van der Waals surface area contributed by atoms with Gasteiger partial charge in [0.15, 0.2) is 0 Å². The van der Waals surface area contributed by atoms with E-state index < -0.39 is 0 Å². The van der Waals surface area contributed by atoms with E-state index in [1.54, 1.807) is 11.3 Å². The molecule has 2 rings (SSSR count). The third kappa shape index (κ3) is 3.30. The fourth-order valence-corrected chi connectivity index (χ4v) is 3.57. The van der Waals surface area contributed by atoms with Gasteiger partial charge in [-0.15, -0.1) is 11.3 Å². The van der Waals surface area contributed by atoms with Gasteiger partial charge in [-0.25, -0.2) is 0 Å². The maximum absolute atomic E-state index is 10.0. The van der Waals surface area contributed by atoms with Gasteiger partial charge in [-0.1, -0.05) is 32.8 Å². The highest BCUT2D eigenvalue weighted by Gasteiger charge is 2.27. The van der Waals surface area contributed by atoms with E-state index in [0.717, 1.165) is 12.8 Å². The molecule has 0 aliphatic heterocycles. The smallest absolute Gasteiger partial charge is 0.0693 e. The first-order valence-corrected chi connectivity index (χ1v) is 7.54. The minimum Gasteiger partial charge on any atom is -0.392 e. The van der Waals surface area contributed by atoms with Crippen molar-refractivity contribution in [2.75, 3.05) is 0 Å². The Bertz CT molecular complexity index is 323. The maximum Gasteiger partial charge on any atom is 0.0693 e. The minimum atomic E-state index is -0.162. The zero-order chi connectivity index (χ0) is 12.3. The van der Waals surface area contributed by atoms with Gasteiger partial charge in [-0.05, 0) is 30.2 Å². The van der Waals surface area contributed by atoms with Gasteiger partial charge in [0.2, 0.25) is 0 Å². The summed E-state index contributed by atoms with van der Waals surface area (Å²) in [6.07, 6.45) is 4.31. The lowest BCUT2D eigenvalue weighted by atomic mass is 9.90. The number of aliphatic hydroxyl groups excluding tert-OH is 1. The molecule has 1 aromatic heterocycles. The summed E-state index contributed by atoms with van der Waals surface area (Å²) in [5.41, 5.74) is 0. The number of rotatable bonds is 4. The molecule has 0 spiro atoms. The Morgan fingerprint density at radius 3 is 2.71 bits per heavy atom. The molecule has 2 N–H and O–H groups in total. The molecule has 0 aromatic carbocycles. The Morgan fingerprint density at radius 2 is 2.12 bits per heavy atom. The Hall–Kier alpha value is -0.380. The lowest BCUT2D eigenvalue weighted by Gasteiger charge is -2.33. The third-order valence-corrected chi connectivity index (χ3v) is 4.59.